The number of likely N-dealkylation sites (tertiary alicyclic amines) is 1. The Morgan fingerprint density at radius 3 is 2.33 bits per heavy atom. The molecule has 3 amide bonds. The monoisotopic (exact) mass is 476 g/mol. The first-order chi connectivity index (χ1) is 14.2. The summed E-state index contributed by atoms with van der Waals surface area (Å²) in [4.78, 5) is 51.5. The highest BCUT2D eigenvalue weighted by molar-refractivity contribution is 9.10. The van der Waals surface area contributed by atoms with E-state index < -0.39 is 24.5 Å². The van der Waals surface area contributed by atoms with E-state index in [0.717, 1.165) is 39.8 Å². The van der Waals surface area contributed by atoms with Crippen LogP contribution in [0.4, 0.5) is 5.69 Å². The lowest BCUT2D eigenvalue weighted by Crippen LogP contribution is -2.45. The molecular formula is C22H25BrN2O5. The van der Waals surface area contributed by atoms with Crippen LogP contribution in [0.25, 0.3) is 0 Å². The molecule has 160 valence electrons. The second kappa shape index (κ2) is 7.80. The lowest BCUT2D eigenvalue weighted by Gasteiger charge is -2.23. The number of carbonyl (C=O) groups is 4. The maximum Gasteiger partial charge on any atom is 0.329 e. The quantitative estimate of drug-likeness (QED) is 0.520. The highest BCUT2D eigenvalue weighted by Crippen LogP contribution is 2.56. The Morgan fingerprint density at radius 1 is 1.13 bits per heavy atom. The number of ether oxygens (including phenoxy) is 1. The molecule has 1 aromatic carbocycles. The van der Waals surface area contributed by atoms with Crippen LogP contribution in [0.15, 0.2) is 16.6 Å². The highest BCUT2D eigenvalue weighted by atomic mass is 79.9. The fourth-order valence-electron chi connectivity index (χ4n) is 5.29. The predicted octanol–water partition coefficient (Wildman–Crippen LogP) is 2.97. The molecule has 0 radical (unpaired) electrons. The summed E-state index contributed by atoms with van der Waals surface area (Å²) in [6.45, 7) is 4.83. The Morgan fingerprint density at radius 2 is 1.73 bits per heavy atom. The van der Waals surface area contributed by atoms with E-state index in [1.54, 1.807) is 6.07 Å². The second-order valence-electron chi connectivity index (χ2n) is 8.61. The molecule has 1 aromatic rings. The number of nitrogens with zero attached hydrogens (tertiary/aromatic N) is 1. The number of halogens is 1. The minimum Gasteiger partial charge on any atom is -0.454 e. The minimum atomic E-state index is -1.03. The topological polar surface area (TPSA) is 92.8 Å². The number of hydrogen-bond acceptors (Lipinski definition) is 5. The van der Waals surface area contributed by atoms with Crippen LogP contribution in [-0.2, 0) is 23.9 Å². The number of amides is 3. The zero-order valence-electron chi connectivity index (χ0n) is 17.2. The zero-order valence-corrected chi connectivity index (χ0v) is 18.8. The SMILES string of the molecule is Cc1c(Br)ccc(NC(=O)COC(=O)[C@H](C)N2C(=O)[C@H]3[C@H]4CC[C@@H](C4)[C@@H]3C2=O)c1C. The van der Waals surface area contributed by atoms with E-state index in [1.807, 2.05) is 19.9 Å². The molecule has 2 saturated carbocycles. The number of benzene rings is 1. The summed E-state index contributed by atoms with van der Waals surface area (Å²) < 4.78 is 6.07. The summed E-state index contributed by atoms with van der Waals surface area (Å²) in [5.74, 6) is -1.78. The Kier molecular flexibility index (Phi) is 5.46. The van der Waals surface area contributed by atoms with Crippen LogP contribution in [0, 0.1) is 37.5 Å². The Bertz CT molecular complexity index is 918. The van der Waals surface area contributed by atoms with Crippen molar-refractivity contribution in [3.63, 3.8) is 0 Å². The van der Waals surface area contributed by atoms with Gasteiger partial charge in [-0.05, 0) is 75.1 Å². The Hall–Kier alpha value is -2.22. The third-order valence-corrected chi connectivity index (χ3v) is 7.89. The lowest BCUT2D eigenvalue weighted by atomic mass is 9.81. The van der Waals surface area contributed by atoms with Crippen molar-refractivity contribution in [1.29, 1.82) is 0 Å². The van der Waals surface area contributed by atoms with Crippen molar-refractivity contribution in [2.75, 3.05) is 11.9 Å². The van der Waals surface area contributed by atoms with Gasteiger partial charge in [-0.2, -0.15) is 0 Å². The second-order valence-corrected chi connectivity index (χ2v) is 9.46. The number of hydrogen-bond donors (Lipinski definition) is 1. The van der Waals surface area contributed by atoms with Crippen LogP contribution in [0.3, 0.4) is 0 Å². The molecule has 8 heteroatoms. The van der Waals surface area contributed by atoms with E-state index in [-0.39, 0.29) is 35.5 Å². The van der Waals surface area contributed by atoms with Crippen molar-refractivity contribution < 1.29 is 23.9 Å². The van der Waals surface area contributed by atoms with E-state index in [9.17, 15) is 19.2 Å². The minimum absolute atomic E-state index is 0.257. The fourth-order valence-corrected chi connectivity index (χ4v) is 5.72. The standard InChI is InChI=1S/C22H25BrN2O5/c1-10-11(2)16(7-6-15(10)23)24-17(26)9-30-22(29)12(3)25-20(27)18-13-4-5-14(8-13)19(18)21(25)28/h6-7,12-14,18-19H,4-5,8-9H2,1-3H3,(H,24,26)/t12-,13-,14-,18-,19-/m0/s1. The number of carbonyl (C=O) groups excluding carboxylic acids is 4. The molecule has 3 aliphatic rings. The van der Waals surface area contributed by atoms with Gasteiger partial charge in [0, 0.05) is 10.2 Å². The first-order valence-corrected chi connectivity index (χ1v) is 11.1. The van der Waals surface area contributed by atoms with E-state index in [2.05, 4.69) is 21.2 Å². The number of imide groups is 1. The van der Waals surface area contributed by atoms with Gasteiger partial charge in [-0.15, -0.1) is 0 Å². The molecular weight excluding hydrogens is 452 g/mol. The summed E-state index contributed by atoms with van der Waals surface area (Å²) in [6, 6.07) is 2.57. The van der Waals surface area contributed by atoms with E-state index in [1.165, 1.54) is 6.92 Å². The maximum atomic E-state index is 12.8. The maximum absolute atomic E-state index is 12.8. The van der Waals surface area contributed by atoms with Crippen LogP contribution in [0.2, 0.25) is 0 Å². The average molecular weight is 477 g/mol. The molecule has 30 heavy (non-hydrogen) atoms. The van der Waals surface area contributed by atoms with E-state index in [0.29, 0.717) is 5.69 Å². The van der Waals surface area contributed by atoms with Gasteiger partial charge in [0.05, 0.1) is 11.8 Å². The number of nitrogens with one attached hydrogen (secondary N) is 1. The molecule has 5 atom stereocenters. The van der Waals surface area contributed by atoms with Crippen LogP contribution in [0.5, 0.6) is 0 Å². The van der Waals surface area contributed by atoms with Crippen molar-refractivity contribution >= 4 is 45.3 Å². The fraction of sp³-hybridized carbons (Fsp3) is 0.545. The van der Waals surface area contributed by atoms with Crippen molar-refractivity contribution in [2.45, 2.75) is 46.1 Å². The number of fused-ring (bicyclic) bond motifs is 5. The van der Waals surface area contributed by atoms with Gasteiger partial charge in [-0.25, -0.2) is 4.79 Å². The molecule has 1 N–H and O–H groups in total. The summed E-state index contributed by atoms with van der Waals surface area (Å²) >= 11 is 3.44. The molecule has 3 fully saturated rings. The van der Waals surface area contributed by atoms with Gasteiger partial charge in [-0.1, -0.05) is 15.9 Å². The molecule has 0 aromatic heterocycles. The highest BCUT2D eigenvalue weighted by Gasteiger charge is 2.62. The molecule has 1 saturated heterocycles. The van der Waals surface area contributed by atoms with Gasteiger partial charge in [0.15, 0.2) is 6.61 Å². The molecule has 0 unspecified atom stereocenters. The lowest BCUT2D eigenvalue weighted by molar-refractivity contribution is -0.159. The third kappa shape index (κ3) is 3.35. The van der Waals surface area contributed by atoms with Gasteiger partial charge in [0.1, 0.15) is 6.04 Å². The molecule has 4 rings (SSSR count). The average Bonchev–Trinajstić information content (AvgIpc) is 3.40. The van der Waals surface area contributed by atoms with Gasteiger partial charge in [0.25, 0.3) is 5.91 Å². The van der Waals surface area contributed by atoms with Crippen LogP contribution >= 0.6 is 15.9 Å². The summed E-state index contributed by atoms with van der Waals surface area (Å²) in [7, 11) is 0. The van der Waals surface area contributed by atoms with Crippen LogP contribution in [0.1, 0.15) is 37.3 Å². The smallest absolute Gasteiger partial charge is 0.329 e. The number of esters is 1. The molecule has 1 heterocycles. The predicted molar refractivity (Wildman–Crippen MR) is 112 cm³/mol. The van der Waals surface area contributed by atoms with Gasteiger partial charge in [-0.3, -0.25) is 19.3 Å². The van der Waals surface area contributed by atoms with Crippen molar-refractivity contribution in [1.82, 2.24) is 4.90 Å². The first kappa shape index (κ1) is 21.0. The third-order valence-electron chi connectivity index (χ3n) is 7.03. The Labute approximate surface area is 183 Å². The normalized spacial score (nSPS) is 27.9. The molecule has 2 aliphatic carbocycles. The number of anilines is 1. The van der Waals surface area contributed by atoms with Crippen LogP contribution < -0.4 is 5.32 Å². The molecule has 0 spiro atoms. The van der Waals surface area contributed by atoms with E-state index in [4.69, 9.17) is 4.74 Å². The van der Waals surface area contributed by atoms with Crippen molar-refractivity contribution in [3.05, 3.63) is 27.7 Å². The summed E-state index contributed by atoms with van der Waals surface area (Å²) in [6.07, 6.45) is 2.90. The zero-order chi connectivity index (χ0) is 21.7. The molecule has 7 nitrogen and oxygen atoms in total. The summed E-state index contributed by atoms with van der Waals surface area (Å²) in [5.41, 5.74) is 2.55. The molecule has 1 aliphatic heterocycles. The number of rotatable bonds is 5. The first-order valence-electron chi connectivity index (χ1n) is 10.3. The van der Waals surface area contributed by atoms with E-state index >= 15 is 0 Å². The van der Waals surface area contributed by atoms with Gasteiger partial charge >= 0.3 is 5.97 Å². The van der Waals surface area contributed by atoms with Crippen molar-refractivity contribution in [3.8, 4) is 0 Å². The molecule has 2 bridgehead atoms. The largest absolute Gasteiger partial charge is 0.454 e. The summed E-state index contributed by atoms with van der Waals surface area (Å²) in [5, 5.41) is 2.73. The van der Waals surface area contributed by atoms with Gasteiger partial charge < -0.3 is 10.1 Å². The van der Waals surface area contributed by atoms with Crippen molar-refractivity contribution in [2.24, 2.45) is 23.7 Å². The Balaban J connectivity index is 1.35. The van der Waals surface area contributed by atoms with Crippen LogP contribution in [-0.4, -0.2) is 41.2 Å². The van der Waals surface area contributed by atoms with Gasteiger partial charge in [0.2, 0.25) is 11.8 Å².